The van der Waals surface area contributed by atoms with Crippen LogP contribution in [0.5, 0.6) is 0 Å². The van der Waals surface area contributed by atoms with Crippen molar-refractivity contribution in [3.63, 3.8) is 0 Å². The number of allylic oxidation sites excluding steroid dienone is 2. The number of hydrogen-bond acceptors (Lipinski definition) is 5. The Balaban J connectivity index is 1.69. The lowest BCUT2D eigenvalue weighted by molar-refractivity contribution is -0.155. The number of nitrogens with one attached hydrogen (secondary N) is 1. The summed E-state index contributed by atoms with van der Waals surface area (Å²) in [7, 11) is 0. The van der Waals surface area contributed by atoms with E-state index in [2.05, 4.69) is 18.5 Å². The van der Waals surface area contributed by atoms with Crippen LogP contribution in [0.1, 0.15) is 55.8 Å². The van der Waals surface area contributed by atoms with Crippen LogP contribution in [0, 0.1) is 11.8 Å². The van der Waals surface area contributed by atoms with Crippen LogP contribution in [0.25, 0.3) is 0 Å². The Morgan fingerprint density at radius 2 is 1.73 bits per heavy atom. The van der Waals surface area contributed by atoms with E-state index in [-0.39, 0.29) is 49.3 Å². The zero-order valence-electron chi connectivity index (χ0n) is 23.3. The SMILES string of the molecule is C=CCC[C@H](Cc1ccccc1)C(=O)O[C@H](CNC(=O)[C@@H](CC=C)CC(=O)N1CCC[C@H]1CO)c1ccccc1. The molecule has 2 aromatic rings. The number of likely N-dealkylation sites (tertiary alicyclic amines) is 1. The molecule has 7 nitrogen and oxygen atoms in total. The number of aliphatic hydroxyl groups excluding tert-OH is 1. The van der Waals surface area contributed by atoms with E-state index in [4.69, 9.17) is 4.74 Å². The smallest absolute Gasteiger partial charge is 0.309 e. The van der Waals surface area contributed by atoms with Crippen molar-refractivity contribution in [2.45, 2.75) is 57.1 Å². The molecule has 0 radical (unpaired) electrons. The van der Waals surface area contributed by atoms with Crippen LogP contribution in [0.15, 0.2) is 86.0 Å². The molecule has 0 spiro atoms. The fraction of sp³-hybridized carbons (Fsp3) is 0.424. The minimum absolute atomic E-state index is 0.0326. The van der Waals surface area contributed by atoms with Gasteiger partial charge >= 0.3 is 5.97 Å². The first kappa shape index (κ1) is 30.8. The molecule has 2 amide bonds. The summed E-state index contributed by atoms with van der Waals surface area (Å²) in [5, 5.41) is 12.5. The van der Waals surface area contributed by atoms with Crippen LogP contribution in [-0.4, -0.2) is 53.5 Å². The molecule has 0 aliphatic carbocycles. The predicted octanol–water partition coefficient (Wildman–Crippen LogP) is 4.78. The Morgan fingerprint density at radius 3 is 2.38 bits per heavy atom. The molecule has 1 heterocycles. The number of esters is 1. The number of amides is 2. The highest BCUT2D eigenvalue weighted by atomic mass is 16.5. The third-order valence-corrected chi connectivity index (χ3v) is 7.42. The normalized spacial score (nSPS) is 16.9. The van der Waals surface area contributed by atoms with Gasteiger partial charge in [-0.2, -0.15) is 0 Å². The molecule has 0 bridgehead atoms. The summed E-state index contributed by atoms with van der Waals surface area (Å²) in [6.07, 6.45) is 6.58. The molecule has 214 valence electrons. The molecule has 40 heavy (non-hydrogen) atoms. The van der Waals surface area contributed by atoms with Crippen LogP contribution in [0.4, 0.5) is 0 Å². The van der Waals surface area contributed by atoms with E-state index >= 15 is 0 Å². The topological polar surface area (TPSA) is 95.9 Å². The predicted molar refractivity (Wildman–Crippen MR) is 156 cm³/mol. The summed E-state index contributed by atoms with van der Waals surface area (Å²) >= 11 is 0. The fourth-order valence-electron chi connectivity index (χ4n) is 5.16. The van der Waals surface area contributed by atoms with Crippen molar-refractivity contribution in [3.8, 4) is 0 Å². The fourth-order valence-corrected chi connectivity index (χ4v) is 5.16. The minimum Gasteiger partial charge on any atom is -0.455 e. The molecule has 0 saturated carbocycles. The lowest BCUT2D eigenvalue weighted by Crippen LogP contribution is -2.41. The Morgan fingerprint density at radius 1 is 1.02 bits per heavy atom. The van der Waals surface area contributed by atoms with Crippen molar-refractivity contribution in [2.75, 3.05) is 19.7 Å². The Labute approximate surface area is 237 Å². The summed E-state index contributed by atoms with van der Waals surface area (Å²) < 4.78 is 6.04. The van der Waals surface area contributed by atoms with Gasteiger partial charge in [-0.05, 0) is 49.7 Å². The molecule has 1 fully saturated rings. The zero-order valence-corrected chi connectivity index (χ0v) is 23.3. The van der Waals surface area contributed by atoms with E-state index in [0.29, 0.717) is 32.2 Å². The molecule has 1 aliphatic heterocycles. The second-order valence-electron chi connectivity index (χ2n) is 10.3. The maximum absolute atomic E-state index is 13.4. The maximum Gasteiger partial charge on any atom is 0.309 e. The Bertz CT molecular complexity index is 1100. The van der Waals surface area contributed by atoms with Gasteiger partial charge in [0.2, 0.25) is 11.8 Å². The van der Waals surface area contributed by atoms with E-state index < -0.39 is 12.0 Å². The first-order chi connectivity index (χ1) is 19.5. The number of hydrogen-bond donors (Lipinski definition) is 2. The average molecular weight is 547 g/mol. The number of benzene rings is 2. The van der Waals surface area contributed by atoms with E-state index in [0.717, 1.165) is 24.0 Å². The third-order valence-electron chi connectivity index (χ3n) is 7.42. The summed E-state index contributed by atoms with van der Waals surface area (Å²) in [5.74, 6) is -1.72. The van der Waals surface area contributed by atoms with E-state index in [9.17, 15) is 19.5 Å². The molecule has 0 aromatic heterocycles. The average Bonchev–Trinajstić information content (AvgIpc) is 3.47. The molecule has 1 saturated heterocycles. The van der Waals surface area contributed by atoms with E-state index in [1.807, 2.05) is 60.7 Å². The standard InChI is InChI=1S/C33H42N2O5/c1-3-5-16-28(21-25-14-8-6-9-15-25)33(39)40-30(26-17-10-7-11-18-26)23-34-32(38)27(13-4-2)22-31(37)35-20-12-19-29(35)24-36/h3-4,6-11,14-15,17-18,27-30,36H,1-2,5,12-13,16,19-24H2,(H,34,38)/t27-,28+,29-,30+/m0/s1. The lowest BCUT2D eigenvalue weighted by atomic mass is 9.94. The van der Waals surface area contributed by atoms with Crippen LogP contribution in [0.2, 0.25) is 0 Å². The second kappa shape index (κ2) is 16.4. The number of carbonyl (C=O) groups is 3. The minimum atomic E-state index is -0.683. The quantitative estimate of drug-likeness (QED) is 0.233. The van der Waals surface area contributed by atoms with Crippen molar-refractivity contribution >= 4 is 17.8 Å². The maximum atomic E-state index is 13.4. The van der Waals surface area contributed by atoms with Crippen molar-refractivity contribution in [2.24, 2.45) is 11.8 Å². The highest BCUT2D eigenvalue weighted by Crippen LogP contribution is 2.24. The molecular weight excluding hydrogens is 504 g/mol. The van der Waals surface area contributed by atoms with Gasteiger partial charge in [-0.1, -0.05) is 72.8 Å². The van der Waals surface area contributed by atoms with Crippen molar-refractivity contribution < 1.29 is 24.2 Å². The van der Waals surface area contributed by atoms with Crippen molar-refractivity contribution in [3.05, 3.63) is 97.1 Å². The molecule has 2 aromatic carbocycles. The Kier molecular flexibility index (Phi) is 12.6. The van der Waals surface area contributed by atoms with Crippen LogP contribution in [0.3, 0.4) is 0 Å². The van der Waals surface area contributed by atoms with Gasteiger partial charge in [0.05, 0.1) is 31.0 Å². The molecular formula is C33H42N2O5. The summed E-state index contributed by atoms with van der Waals surface area (Å²) in [4.78, 5) is 41.3. The van der Waals surface area contributed by atoms with Gasteiger partial charge in [-0.3, -0.25) is 14.4 Å². The van der Waals surface area contributed by atoms with Gasteiger partial charge in [0.1, 0.15) is 6.10 Å². The number of aliphatic hydroxyl groups is 1. The first-order valence-corrected chi connectivity index (χ1v) is 14.2. The van der Waals surface area contributed by atoms with Gasteiger partial charge in [0.15, 0.2) is 0 Å². The van der Waals surface area contributed by atoms with Gasteiger partial charge < -0.3 is 20.1 Å². The van der Waals surface area contributed by atoms with Gasteiger partial charge in [0.25, 0.3) is 0 Å². The first-order valence-electron chi connectivity index (χ1n) is 14.2. The zero-order chi connectivity index (χ0) is 28.7. The molecule has 4 atom stereocenters. The molecule has 0 unspecified atom stereocenters. The van der Waals surface area contributed by atoms with E-state index in [1.54, 1.807) is 17.1 Å². The molecule has 1 aliphatic rings. The van der Waals surface area contributed by atoms with Gasteiger partial charge in [-0.25, -0.2) is 0 Å². The van der Waals surface area contributed by atoms with Crippen LogP contribution < -0.4 is 5.32 Å². The van der Waals surface area contributed by atoms with Crippen LogP contribution in [-0.2, 0) is 25.5 Å². The number of rotatable bonds is 16. The van der Waals surface area contributed by atoms with Crippen LogP contribution >= 0.6 is 0 Å². The summed E-state index contributed by atoms with van der Waals surface area (Å²) in [5.41, 5.74) is 1.83. The van der Waals surface area contributed by atoms with Crippen molar-refractivity contribution in [1.29, 1.82) is 0 Å². The number of nitrogens with zero attached hydrogens (tertiary/aromatic N) is 1. The Hall–Kier alpha value is -3.71. The van der Waals surface area contributed by atoms with Gasteiger partial charge in [-0.15, -0.1) is 13.2 Å². The highest BCUT2D eigenvalue weighted by molar-refractivity contribution is 5.86. The highest BCUT2D eigenvalue weighted by Gasteiger charge is 2.32. The largest absolute Gasteiger partial charge is 0.455 e. The third kappa shape index (κ3) is 9.19. The number of carbonyl (C=O) groups excluding carboxylic acids is 3. The summed E-state index contributed by atoms with van der Waals surface area (Å²) in [6, 6.07) is 19.0. The lowest BCUT2D eigenvalue weighted by Gasteiger charge is -2.26. The molecule has 2 N–H and O–H groups in total. The molecule has 7 heteroatoms. The van der Waals surface area contributed by atoms with Gasteiger partial charge in [0, 0.05) is 13.0 Å². The second-order valence-corrected chi connectivity index (χ2v) is 10.3. The number of ether oxygens (including phenoxy) is 1. The monoisotopic (exact) mass is 546 g/mol. The van der Waals surface area contributed by atoms with Crippen molar-refractivity contribution in [1.82, 2.24) is 10.2 Å². The summed E-state index contributed by atoms with van der Waals surface area (Å²) in [6.45, 7) is 8.15. The molecule has 3 rings (SSSR count). The van der Waals surface area contributed by atoms with E-state index in [1.165, 1.54) is 0 Å².